The fraction of sp³-hybridized carbons (Fsp3) is 0.304. The fourth-order valence-corrected chi connectivity index (χ4v) is 4.39. The van der Waals surface area contributed by atoms with Gasteiger partial charge in [0.25, 0.3) is 0 Å². The van der Waals surface area contributed by atoms with Crippen molar-refractivity contribution in [1.29, 1.82) is 0 Å². The highest BCUT2D eigenvalue weighted by Crippen LogP contribution is 2.34. The molecule has 1 aromatic carbocycles. The van der Waals surface area contributed by atoms with Crippen LogP contribution in [0.15, 0.2) is 47.3 Å². The monoisotopic (exact) mass is 415 g/mol. The van der Waals surface area contributed by atoms with E-state index < -0.39 is 0 Å². The van der Waals surface area contributed by atoms with E-state index in [2.05, 4.69) is 15.3 Å². The normalized spacial score (nSPS) is 16.3. The smallest absolute Gasteiger partial charge is 0.353 e. The van der Waals surface area contributed by atoms with Crippen LogP contribution in [-0.4, -0.2) is 36.7 Å². The molecule has 0 saturated carbocycles. The highest BCUT2D eigenvalue weighted by molar-refractivity contribution is 5.90. The van der Waals surface area contributed by atoms with Crippen molar-refractivity contribution in [3.8, 4) is 22.4 Å². The molecule has 8 nitrogen and oxygen atoms in total. The first-order valence-electron chi connectivity index (χ1n) is 10.5. The third-order valence-electron chi connectivity index (χ3n) is 5.73. The summed E-state index contributed by atoms with van der Waals surface area (Å²) in [5, 5.41) is 8.17. The fourth-order valence-electron chi connectivity index (χ4n) is 4.39. The van der Waals surface area contributed by atoms with E-state index in [-0.39, 0.29) is 17.7 Å². The van der Waals surface area contributed by atoms with Crippen LogP contribution in [0.4, 0.5) is 5.95 Å². The van der Waals surface area contributed by atoms with Gasteiger partial charge in [0.2, 0.25) is 5.95 Å². The summed E-state index contributed by atoms with van der Waals surface area (Å²) in [6.45, 7) is 5.39. The van der Waals surface area contributed by atoms with Crippen LogP contribution >= 0.6 is 0 Å². The van der Waals surface area contributed by atoms with Gasteiger partial charge in [0.05, 0.1) is 17.8 Å². The quantitative estimate of drug-likeness (QED) is 0.531. The summed E-state index contributed by atoms with van der Waals surface area (Å²) < 4.78 is 2.93. The van der Waals surface area contributed by atoms with Crippen LogP contribution in [0.2, 0.25) is 0 Å². The second-order valence-corrected chi connectivity index (χ2v) is 8.12. The van der Waals surface area contributed by atoms with Gasteiger partial charge >= 0.3 is 5.69 Å². The van der Waals surface area contributed by atoms with Gasteiger partial charge in [-0.05, 0) is 50.9 Å². The van der Waals surface area contributed by atoms with Crippen LogP contribution in [0.25, 0.3) is 28.0 Å². The summed E-state index contributed by atoms with van der Waals surface area (Å²) in [5.41, 5.74) is 11.6. The highest BCUT2D eigenvalue weighted by Gasteiger charge is 2.23. The molecule has 0 radical (unpaired) electrons. The standard InChI is InChI=1S/C23H25N7O/c1-14-11-17(12-15(2)26-14)19-20(16-7-4-3-5-8-16)27-22(24)30-21(19)28-29(23(30)31)13-18-9-6-10-25-18/h3-5,7-8,11-12,18,25H,6,9-10,13H2,1-2H3,(H2,24,27)/t18-/m1/s1. The molecular formula is C23H25N7O. The third-order valence-corrected chi connectivity index (χ3v) is 5.73. The van der Waals surface area contributed by atoms with Crippen molar-refractivity contribution in [3.63, 3.8) is 0 Å². The molecule has 31 heavy (non-hydrogen) atoms. The van der Waals surface area contributed by atoms with Crippen LogP contribution in [-0.2, 0) is 6.54 Å². The number of nitrogens with two attached hydrogens (primary N) is 1. The van der Waals surface area contributed by atoms with Gasteiger partial charge in [-0.15, -0.1) is 5.10 Å². The molecule has 4 heterocycles. The number of nitrogens with one attached hydrogen (secondary N) is 1. The molecule has 0 aliphatic carbocycles. The summed E-state index contributed by atoms with van der Waals surface area (Å²) in [7, 11) is 0. The number of rotatable bonds is 4. The Balaban J connectivity index is 1.81. The van der Waals surface area contributed by atoms with Crippen molar-refractivity contribution < 1.29 is 0 Å². The maximum Gasteiger partial charge on any atom is 0.353 e. The first-order chi connectivity index (χ1) is 15.0. The van der Waals surface area contributed by atoms with Crippen molar-refractivity contribution in [1.82, 2.24) is 29.5 Å². The van der Waals surface area contributed by atoms with Gasteiger partial charge in [-0.3, -0.25) is 4.98 Å². The zero-order chi connectivity index (χ0) is 21.5. The minimum atomic E-state index is -0.267. The van der Waals surface area contributed by atoms with Crippen LogP contribution in [0.5, 0.6) is 0 Å². The maximum atomic E-state index is 13.2. The van der Waals surface area contributed by atoms with E-state index in [1.54, 1.807) is 0 Å². The molecule has 0 unspecified atom stereocenters. The number of nitrogens with zero attached hydrogens (tertiary/aromatic N) is 5. The van der Waals surface area contributed by atoms with Crippen molar-refractivity contribution in [2.45, 2.75) is 39.3 Å². The Bertz CT molecular complexity index is 1300. The lowest BCUT2D eigenvalue weighted by atomic mass is 9.99. The van der Waals surface area contributed by atoms with Gasteiger partial charge in [0, 0.05) is 23.0 Å². The summed E-state index contributed by atoms with van der Waals surface area (Å²) in [6.07, 6.45) is 2.13. The van der Waals surface area contributed by atoms with E-state index in [1.165, 1.54) is 9.08 Å². The first-order valence-corrected chi connectivity index (χ1v) is 10.5. The number of pyridine rings is 1. The molecule has 8 heteroatoms. The summed E-state index contributed by atoms with van der Waals surface area (Å²) in [5.74, 6) is 0.135. The van der Waals surface area contributed by atoms with Crippen LogP contribution < -0.4 is 16.7 Å². The van der Waals surface area contributed by atoms with E-state index in [0.29, 0.717) is 17.9 Å². The van der Waals surface area contributed by atoms with E-state index in [4.69, 9.17) is 10.8 Å². The van der Waals surface area contributed by atoms with Crippen molar-refractivity contribution in [3.05, 3.63) is 64.3 Å². The number of benzene rings is 1. The Kier molecular flexibility index (Phi) is 4.78. The number of aromatic nitrogens is 5. The summed E-state index contributed by atoms with van der Waals surface area (Å²) in [6, 6.07) is 14.1. The largest absolute Gasteiger partial charge is 0.369 e. The van der Waals surface area contributed by atoms with Crippen LogP contribution in [0.1, 0.15) is 24.2 Å². The Morgan fingerprint density at radius 1 is 1.10 bits per heavy atom. The van der Waals surface area contributed by atoms with E-state index >= 15 is 0 Å². The van der Waals surface area contributed by atoms with Gasteiger partial charge in [-0.2, -0.15) is 0 Å². The average Bonchev–Trinajstić information content (AvgIpc) is 3.36. The predicted molar refractivity (Wildman–Crippen MR) is 121 cm³/mol. The molecule has 0 bridgehead atoms. The number of fused-ring (bicyclic) bond motifs is 1. The molecule has 3 aromatic heterocycles. The van der Waals surface area contributed by atoms with Crippen LogP contribution in [0, 0.1) is 13.8 Å². The lowest BCUT2D eigenvalue weighted by Gasteiger charge is -2.13. The average molecular weight is 416 g/mol. The molecule has 1 atom stereocenters. The number of aryl methyl sites for hydroxylation is 2. The third kappa shape index (κ3) is 3.48. The zero-order valence-corrected chi connectivity index (χ0v) is 17.7. The zero-order valence-electron chi connectivity index (χ0n) is 17.7. The molecule has 5 rings (SSSR count). The Morgan fingerprint density at radius 3 is 2.52 bits per heavy atom. The molecular weight excluding hydrogens is 390 g/mol. The molecule has 0 spiro atoms. The topological polar surface area (TPSA) is 103 Å². The Labute approximate surface area is 179 Å². The lowest BCUT2D eigenvalue weighted by molar-refractivity contribution is 0.466. The van der Waals surface area contributed by atoms with Gasteiger partial charge in [-0.1, -0.05) is 30.3 Å². The van der Waals surface area contributed by atoms with Gasteiger partial charge < -0.3 is 11.1 Å². The molecule has 1 fully saturated rings. The molecule has 0 amide bonds. The van der Waals surface area contributed by atoms with Crippen molar-refractivity contribution >= 4 is 11.6 Å². The Morgan fingerprint density at radius 2 is 1.84 bits per heavy atom. The van der Waals surface area contributed by atoms with E-state index in [1.807, 2.05) is 56.3 Å². The second-order valence-electron chi connectivity index (χ2n) is 8.12. The molecule has 1 aliphatic heterocycles. The SMILES string of the molecule is Cc1cc(-c2c(-c3ccccc3)nc(N)n3c(=O)n(C[C@H]4CCCN4)nc23)cc(C)n1. The molecule has 158 valence electrons. The minimum Gasteiger partial charge on any atom is -0.369 e. The van der Waals surface area contributed by atoms with Gasteiger partial charge in [0.15, 0.2) is 5.65 Å². The summed E-state index contributed by atoms with van der Waals surface area (Å²) in [4.78, 5) is 22.4. The summed E-state index contributed by atoms with van der Waals surface area (Å²) >= 11 is 0. The number of hydrogen-bond donors (Lipinski definition) is 2. The van der Waals surface area contributed by atoms with Gasteiger partial charge in [0.1, 0.15) is 0 Å². The maximum absolute atomic E-state index is 13.2. The second kappa shape index (κ2) is 7.63. The van der Waals surface area contributed by atoms with Gasteiger partial charge in [-0.25, -0.2) is 18.9 Å². The predicted octanol–water partition coefficient (Wildman–Crippen LogP) is 2.57. The molecule has 4 aromatic rings. The number of hydrogen-bond acceptors (Lipinski definition) is 6. The molecule has 1 aliphatic rings. The number of nitrogen functional groups attached to an aromatic ring is 1. The van der Waals surface area contributed by atoms with E-state index in [9.17, 15) is 4.79 Å². The highest BCUT2D eigenvalue weighted by atomic mass is 16.2. The van der Waals surface area contributed by atoms with Crippen LogP contribution in [0.3, 0.4) is 0 Å². The lowest BCUT2D eigenvalue weighted by Crippen LogP contribution is -2.33. The van der Waals surface area contributed by atoms with E-state index in [0.717, 1.165) is 47.5 Å². The van der Waals surface area contributed by atoms with Crippen molar-refractivity contribution in [2.75, 3.05) is 12.3 Å². The minimum absolute atomic E-state index is 0.135. The number of anilines is 1. The Hall–Kier alpha value is -3.52. The molecule has 1 saturated heterocycles. The first kappa shape index (κ1) is 19.4. The van der Waals surface area contributed by atoms with Crippen molar-refractivity contribution in [2.24, 2.45) is 0 Å². The molecule has 3 N–H and O–H groups in total.